The second-order valence-electron chi connectivity index (χ2n) is 3.51. The van der Waals surface area contributed by atoms with Crippen LogP contribution in [0.15, 0.2) is 16.5 Å². The van der Waals surface area contributed by atoms with Gasteiger partial charge in [-0.25, -0.2) is 18.1 Å². The first kappa shape index (κ1) is 12.2. The summed E-state index contributed by atoms with van der Waals surface area (Å²) in [7, 11) is -3.53. The van der Waals surface area contributed by atoms with E-state index in [-0.39, 0.29) is 11.4 Å². The van der Waals surface area contributed by atoms with Gasteiger partial charge in [0.05, 0.1) is 17.9 Å². The molecule has 17 heavy (non-hydrogen) atoms. The molecule has 0 spiro atoms. The van der Waals surface area contributed by atoms with Gasteiger partial charge in [0.1, 0.15) is 9.90 Å². The van der Waals surface area contributed by atoms with E-state index in [0.29, 0.717) is 11.4 Å². The monoisotopic (exact) mass is 272 g/mol. The van der Waals surface area contributed by atoms with Crippen LogP contribution in [0.4, 0.5) is 0 Å². The van der Waals surface area contributed by atoms with Crippen LogP contribution in [0.1, 0.15) is 16.4 Å². The minimum absolute atomic E-state index is 0.198. The summed E-state index contributed by atoms with van der Waals surface area (Å²) in [5.41, 5.74) is 1.00. The number of aromatic nitrogens is 3. The number of sulfonamides is 1. The molecule has 0 saturated carbocycles. The van der Waals surface area contributed by atoms with Crippen LogP contribution in [0, 0.1) is 13.8 Å². The predicted molar refractivity (Wildman–Crippen MR) is 64.2 cm³/mol. The molecule has 0 aliphatic rings. The van der Waals surface area contributed by atoms with Crippen molar-refractivity contribution in [2.75, 3.05) is 0 Å². The second-order valence-corrected chi connectivity index (χ2v) is 6.20. The van der Waals surface area contributed by atoms with Gasteiger partial charge in [-0.05, 0) is 13.8 Å². The van der Waals surface area contributed by atoms with E-state index in [9.17, 15) is 8.42 Å². The molecule has 2 heterocycles. The molecule has 0 bridgehead atoms. The van der Waals surface area contributed by atoms with Crippen molar-refractivity contribution in [2.24, 2.45) is 0 Å². The van der Waals surface area contributed by atoms with Crippen molar-refractivity contribution in [2.45, 2.75) is 25.3 Å². The van der Waals surface area contributed by atoms with Crippen LogP contribution >= 0.6 is 11.3 Å². The van der Waals surface area contributed by atoms with Crippen LogP contribution in [0.5, 0.6) is 0 Å². The maximum atomic E-state index is 12.0. The summed E-state index contributed by atoms with van der Waals surface area (Å²) in [4.78, 5) is 4.23. The molecule has 2 aromatic heterocycles. The van der Waals surface area contributed by atoms with E-state index in [1.165, 1.54) is 11.3 Å². The van der Waals surface area contributed by atoms with Gasteiger partial charge < -0.3 is 0 Å². The van der Waals surface area contributed by atoms with Gasteiger partial charge in [0.15, 0.2) is 0 Å². The number of thiazole rings is 1. The van der Waals surface area contributed by atoms with Crippen molar-refractivity contribution >= 4 is 21.4 Å². The highest BCUT2D eigenvalue weighted by Gasteiger charge is 2.21. The average molecular weight is 272 g/mol. The first-order valence-corrected chi connectivity index (χ1v) is 7.26. The third-order valence-corrected chi connectivity index (χ3v) is 4.67. The molecule has 0 fully saturated rings. The molecule has 0 atom stereocenters. The Morgan fingerprint density at radius 3 is 2.76 bits per heavy atom. The van der Waals surface area contributed by atoms with E-state index in [1.807, 2.05) is 0 Å². The van der Waals surface area contributed by atoms with Gasteiger partial charge in [-0.1, -0.05) is 0 Å². The Balaban J connectivity index is 2.20. The van der Waals surface area contributed by atoms with Crippen molar-refractivity contribution in [3.63, 3.8) is 0 Å². The number of aryl methyl sites for hydroxylation is 2. The Bertz CT molecular complexity index is 581. The van der Waals surface area contributed by atoms with Gasteiger partial charge in [0, 0.05) is 11.6 Å². The van der Waals surface area contributed by atoms with Gasteiger partial charge in [-0.2, -0.15) is 5.10 Å². The van der Waals surface area contributed by atoms with E-state index < -0.39 is 10.0 Å². The highest BCUT2D eigenvalue weighted by Crippen LogP contribution is 2.16. The Labute approximate surface area is 103 Å². The first-order valence-electron chi connectivity index (χ1n) is 4.90. The zero-order valence-electron chi connectivity index (χ0n) is 9.39. The van der Waals surface area contributed by atoms with Gasteiger partial charge in [-0.3, -0.25) is 5.10 Å². The third kappa shape index (κ3) is 2.54. The summed E-state index contributed by atoms with van der Waals surface area (Å²) in [6.07, 6.45) is 1.64. The van der Waals surface area contributed by atoms with E-state index in [0.717, 1.165) is 5.01 Å². The summed E-state index contributed by atoms with van der Waals surface area (Å²) in [5, 5.41) is 9.06. The number of hydrogen-bond donors (Lipinski definition) is 2. The third-order valence-electron chi connectivity index (χ3n) is 2.23. The van der Waals surface area contributed by atoms with Gasteiger partial charge in [0.2, 0.25) is 10.0 Å². The molecular weight excluding hydrogens is 260 g/mol. The number of nitrogens with one attached hydrogen (secondary N) is 2. The Morgan fingerprint density at radius 1 is 1.47 bits per heavy atom. The van der Waals surface area contributed by atoms with Crippen LogP contribution in [0.25, 0.3) is 0 Å². The number of rotatable bonds is 4. The SMILES string of the molecule is Cc1n[nH]c(C)c1S(=O)(=O)NCc1nccs1. The molecule has 0 saturated heterocycles. The molecule has 0 aromatic carbocycles. The lowest BCUT2D eigenvalue weighted by Crippen LogP contribution is -2.24. The standard InChI is InChI=1S/C9H12N4O2S2/c1-6-9(7(2)13-12-6)17(14,15)11-5-8-10-3-4-16-8/h3-4,11H,5H2,1-2H3,(H,12,13). The number of H-pyrrole nitrogens is 1. The molecule has 0 unspecified atom stereocenters. The zero-order chi connectivity index (χ0) is 12.5. The molecule has 2 aromatic rings. The molecular formula is C9H12N4O2S2. The predicted octanol–water partition coefficient (Wildman–Crippen LogP) is 0.962. The summed E-state index contributed by atoms with van der Waals surface area (Å²) in [6.45, 7) is 3.53. The highest BCUT2D eigenvalue weighted by molar-refractivity contribution is 7.89. The quantitative estimate of drug-likeness (QED) is 0.867. The minimum atomic E-state index is -3.53. The van der Waals surface area contributed by atoms with E-state index in [1.54, 1.807) is 25.4 Å². The first-order chi connectivity index (χ1) is 8.00. The summed E-state index contributed by atoms with van der Waals surface area (Å²) < 4.78 is 26.6. The van der Waals surface area contributed by atoms with Crippen LogP contribution < -0.4 is 4.72 Å². The lowest BCUT2D eigenvalue weighted by atomic mass is 10.4. The molecule has 0 aliphatic carbocycles. The largest absolute Gasteiger partial charge is 0.281 e. The molecule has 0 aliphatic heterocycles. The lowest BCUT2D eigenvalue weighted by molar-refractivity contribution is 0.580. The van der Waals surface area contributed by atoms with Crippen molar-refractivity contribution in [3.05, 3.63) is 28.0 Å². The lowest BCUT2D eigenvalue weighted by Gasteiger charge is -2.04. The van der Waals surface area contributed by atoms with Crippen LogP contribution in [0.3, 0.4) is 0 Å². The fourth-order valence-electron chi connectivity index (χ4n) is 1.51. The fourth-order valence-corrected chi connectivity index (χ4v) is 3.51. The molecule has 0 amide bonds. The van der Waals surface area contributed by atoms with Crippen LogP contribution in [-0.2, 0) is 16.6 Å². The van der Waals surface area contributed by atoms with Crippen molar-refractivity contribution < 1.29 is 8.42 Å². The smallest absolute Gasteiger partial charge is 0.244 e. The fraction of sp³-hybridized carbons (Fsp3) is 0.333. The minimum Gasteiger partial charge on any atom is -0.281 e. The van der Waals surface area contributed by atoms with Crippen molar-refractivity contribution in [3.8, 4) is 0 Å². The van der Waals surface area contributed by atoms with E-state index in [4.69, 9.17) is 0 Å². The second kappa shape index (κ2) is 4.55. The van der Waals surface area contributed by atoms with Gasteiger partial charge in [-0.15, -0.1) is 11.3 Å². The molecule has 2 N–H and O–H groups in total. The summed E-state index contributed by atoms with van der Waals surface area (Å²) >= 11 is 1.41. The molecule has 92 valence electrons. The van der Waals surface area contributed by atoms with Crippen LogP contribution in [0.2, 0.25) is 0 Å². The normalized spacial score (nSPS) is 11.9. The number of nitrogens with zero attached hydrogens (tertiary/aromatic N) is 2. The zero-order valence-corrected chi connectivity index (χ0v) is 11.0. The maximum absolute atomic E-state index is 12.0. The number of aromatic amines is 1. The number of hydrogen-bond acceptors (Lipinski definition) is 5. The Hall–Kier alpha value is -1.25. The Kier molecular flexibility index (Phi) is 3.27. The Morgan fingerprint density at radius 2 is 2.24 bits per heavy atom. The highest BCUT2D eigenvalue weighted by atomic mass is 32.2. The summed E-state index contributed by atoms with van der Waals surface area (Å²) in [5.74, 6) is 0. The maximum Gasteiger partial charge on any atom is 0.244 e. The topological polar surface area (TPSA) is 87.7 Å². The van der Waals surface area contributed by atoms with Gasteiger partial charge >= 0.3 is 0 Å². The van der Waals surface area contributed by atoms with E-state index >= 15 is 0 Å². The molecule has 6 nitrogen and oxygen atoms in total. The van der Waals surface area contributed by atoms with E-state index in [2.05, 4.69) is 19.9 Å². The summed E-state index contributed by atoms with van der Waals surface area (Å²) in [6, 6.07) is 0. The molecule has 8 heteroatoms. The van der Waals surface area contributed by atoms with Crippen molar-refractivity contribution in [1.29, 1.82) is 0 Å². The van der Waals surface area contributed by atoms with Crippen molar-refractivity contribution in [1.82, 2.24) is 19.9 Å². The van der Waals surface area contributed by atoms with Crippen LogP contribution in [-0.4, -0.2) is 23.6 Å². The molecule has 2 rings (SSSR count). The van der Waals surface area contributed by atoms with Gasteiger partial charge in [0.25, 0.3) is 0 Å². The average Bonchev–Trinajstić information content (AvgIpc) is 2.86. The molecule has 0 radical (unpaired) electrons.